The van der Waals surface area contributed by atoms with E-state index in [2.05, 4.69) is 81.3 Å². The van der Waals surface area contributed by atoms with Crippen LogP contribution in [-0.2, 0) is 4.79 Å². The van der Waals surface area contributed by atoms with Gasteiger partial charge in [0.05, 0.1) is 41.9 Å². The minimum Gasteiger partial charge on any atom is -0.341 e. The van der Waals surface area contributed by atoms with Crippen molar-refractivity contribution in [3.05, 3.63) is 72.6 Å². The summed E-state index contributed by atoms with van der Waals surface area (Å²) in [7, 11) is 2.17. The van der Waals surface area contributed by atoms with E-state index in [1.165, 1.54) is 6.42 Å². The maximum Gasteiger partial charge on any atom is 0.240 e. The Hall–Kier alpha value is -3.69. The number of nitrogens with two attached hydrogens (primary N) is 1. The van der Waals surface area contributed by atoms with Gasteiger partial charge in [-0.2, -0.15) is 0 Å². The second-order valence-corrected chi connectivity index (χ2v) is 11.6. The lowest BCUT2D eigenvalue weighted by Crippen LogP contribution is -2.46. The summed E-state index contributed by atoms with van der Waals surface area (Å²) in [6.07, 6.45) is 8.05. The van der Waals surface area contributed by atoms with E-state index >= 15 is 0 Å². The van der Waals surface area contributed by atoms with Gasteiger partial charge >= 0.3 is 0 Å². The molecular weight excluding hydrogens is 497 g/mol. The predicted octanol–water partition coefficient (Wildman–Crippen LogP) is 4.47. The van der Waals surface area contributed by atoms with E-state index in [4.69, 9.17) is 5.73 Å². The Morgan fingerprint density at radius 3 is 1.80 bits per heavy atom. The summed E-state index contributed by atoms with van der Waals surface area (Å²) >= 11 is 0. The standard InChI is InChI=1S/C31H38BN7O/c1-19(2)28(33)31(40)38-15-3-5-26(38)29-34-17-24(36-29)22-11-7-20(8-12-22)21-9-13-23(14-10-21)25-18-35-30(37-25)27-6-4-16-39(27)32/h7-14,17-19,26-28H,3-6,15-16,32-33H2,1-2H3,(H,34,36)(H,35,37)/t26-,27-,28+/m0/s1. The van der Waals surface area contributed by atoms with Gasteiger partial charge in [0.15, 0.2) is 7.98 Å². The molecule has 4 N–H and O–H groups in total. The minimum atomic E-state index is -0.479. The molecule has 9 heteroatoms. The van der Waals surface area contributed by atoms with Gasteiger partial charge in [-0.25, -0.2) is 9.97 Å². The molecular formula is C31H38BN7O. The van der Waals surface area contributed by atoms with E-state index < -0.39 is 6.04 Å². The molecule has 2 aliphatic heterocycles. The number of likely N-dealkylation sites (tertiary alicyclic amines) is 1. The molecule has 2 aromatic heterocycles. The van der Waals surface area contributed by atoms with Crippen LogP contribution >= 0.6 is 0 Å². The lowest BCUT2D eigenvalue weighted by atomic mass is 10.0. The Labute approximate surface area is 236 Å². The predicted molar refractivity (Wildman–Crippen MR) is 161 cm³/mol. The summed E-state index contributed by atoms with van der Waals surface area (Å²) in [5.74, 6) is 2.01. The molecule has 6 rings (SSSR count). The molecule has 2 saturated heterocycles. The zero-order valence-electron chi connectivity index (χ0n) is 23.6. The molecule has 0 aliphatic carbocycles. The minimum absolute atomic E-state index is 0.0141. The number of aromatic nitrogens is 4. The van der Waals surface area contributed by atoms with Crippen molar-refractivity contribution in [3.63, 3.8) is 0 Å². The highest BCUT2D eigenvalue weighted by molar-refractivity contribution is 6.04. The highest BCUT2D eigenvalue weighted by Crippen LogP contribution is 2.34. The van der Waals surface area contributed by atoms with E-state index in [0.29, 0.717) is 6.04 Å². The molecule has 2 aromatic carbocycles. The second-order valence-electron chi connectivity index (χ2n) is 11.6. The summed E-state index contributed by atoms with van der Waals surface area (Å²) in [6, 6.07) is 17.0. The maximum atomic E-state index is 12.9. The molecule has 0 radical (unpaired) electrons. The summed E-state index contributed by atoms with van der Waals surface area (Å²) in [4.78, 5) is 33.6. The summed E-state index contributed by atoms with van der Waals surface area (Å²) in [6.45, 7) is 5.83. The largest absolute Gasteiger partial charge is 0.341 e. The third-order valence-electron chi connectivity index (χ3n) is 8.61. The van der Waals surface area contributed by atoms with E-state index in [0.717, 1.165) is 77.6 Å². The number of carbonyl (C=O) groups is 1. The Morgan fingerprint density at radius 1 is 0.825 bits per heavy atom. The highest BCUT2D eigenvalue weighted by Gasteiger charge is 2.35. The van der Waals surface area contributed by atoms with Gasteiger partial charge in [-0.05, 0) is 60.4 Å². The van der Waals surface area contributed by atoms with Crippen LogP contribution in [0, 0.1) is 5.92 Å². The van der Waals surface area contributed by atoms with Crippen LogP contribution in [0.4, 0.5) is 0 Å². The third-order valence-corrected chi connectivity index (χ3v) is 8.61. The quantitative estimate of drug-likeness (QED) is 0.303. The van der Waals surface area contributed by atoms with Crippen LogP contribution in [0.5, 0.6) is 0 Å². The number of imidazole rings is 2. The first-order valence-corrected chi connectivity index (χ1v) is 14.5. The average molecular weight is 536 g/mol. The number of nitrogens with one attached hydrogen (secondary N) is 2. The molecule has 0 bridgehead atoms. The molecule has 2 fully saturated rings. The van der Waals surface area contributed by atoms with Crippen molar-refractivity contribution in [2.24, 2.45) is 11.7 Å². The number of hydrogen-bond acceptors (Lipinski definition) is 5. The molecule has 4 heterocycles. The van der Waals surface area contributed by atoms with Crippen LogP contribution in [0.3, 0.4) is 0 Å². The molecule has 0 spiro atoms. The third kappa shape index (κ3) is 5.11. The monoisotopic (exact) mass is 535 g/mol. The van der Waals surface area contributed by atoms with Crippen molar-refractivity contribution in [2.45, 2.75) is 57.7 Å². The molecule has 3 atom stereocenters. The van der Waals surface area contributed by atoms with Crippen LogP contribution in [0.2, 0.25) is 0 Å². The number of nitrogens with zero attached hydrogens (tertiary/aromatic N) is 4. The van der Waals surface area contributed by atoms with Crippen molar-refractivity contribution >= 4 is 13.9 Å². The molecule has 2 aliphatic rings. The Morgan fingerprint density at radius 2 is 1.30 bits per heavy atom. The highest BCUT2D eigenvalue weighted by atomic mass is 16.2. The SMILES string of the molecule is BN1CCC[C@H]1c1ncc(-c2ccc(-c3ccc(-c4cnc([C@@H]5CCCN5C(=O)[C@H](N)C(C)C)[nH]4)cc3)cc2)[nH]1. The fourth-order valence-corrected chi connectivity index (χ4v) is 6.04. The fraction of sp³-hybridized carbons (Fsp3) is 0.387. The molecule has 4 aromatic rings. The maximum absolute atomic E-state index is 12.9. The van der Waals surface area contributed by atoms with Gasteiger partial charge in [0.2, 0.25) is 5.91 Å². The first-order chi connectivity index (χ1) is 19.4. The van der Waals surface area contributed by atoms with Crippen molar-refractivity contribution in [1.82, 2.24) is 29.6 Å². The second kappa shape index (κ2) is 11.1. The van der Waals surface area contributed by atoms with Crippen LogP contribution < -0.4 is 5.73 Å². The van der Waals surface area contributed by atoms with Gasteiger partial charge in [-0.1, -0.05) is 62.4 Å². The molecule has 1 amide bonds. The van der Waals surface area contributed by atoms with Crippen LogP contribution in [0.25, 0.3) is 33.6 Å². The topological polar surface area (TPSA) is 107 Å². The molecule has 8 nitrogen and oxygen atoms in total. The first-order valence-electron chi connectivity index (χ1n) is 14.5. The van der Waals surface area contributed by atoms with Crippen LogP contribution in [0.1, 0.15) is 63.3 Å². The van der Waals surface area contributed by atoms with Crippen molar-refractivity contribution in [3.8, 4) is 33.6 Å². The number of amides is 1. The Balaban J connectivity index is 1.14. The zero-order valence-corrected chi connectivity index (χ0v) is 23.6. The molecule has 0 unspecified atom stereocenters. The lowest BCUT2D eigenvalue weighted by Gasteiger charge is -2.27. The van der Waals surface area contributed by atoms with Gasteiger partial charge < -0.3 is 25.4 Å². The summed E-state index contributed by atoms with van der Waals surface area (Å²) < 4.78 is 0. The van der Waals surface area contributed by atoms with E-state index in [1.807, 2.05) is 31.1 Å². The van der Waals surface area contributed by atoms with Crippen molar-refractivity contribution in [2.75, 3.05) is 13.1 Å². The van der Waals surface area contributed by atoms with Gasteiger partial charge in [-0.15, -0.1) is 0 Å². The summed E-state index contributed by atoms with van der Waals surface area (Å²) in [5, 5.41) is 0. The van der Waals surface area contributed by atoms with Crippen LogP contribution in [-0.4, -0.2) is 62.7 Å². The van der Waals surface area contributed by atoms with Gasteiger partial charge in [-0.3, -0.25) is 4.79 Å². The van der Waals surface area contributed by atoms with Crippen LogP contribution in [0.15, 0.2) is 60.9 Å². The van der Waals surface area contributed by atoms with Crippen molar-refractivity contribution < 1.29 is 4.79 Å². The summed E-state index contributed by atoms with van der Waals surface area (Å²) in [5.41, 5.74) is 12.7. The van der Waals surface area contributed by atoms with Gasteiger partial charge in [0.1, 0.15) is 11.6 Å². The number of carbonyl (C=O) groups excluding carboxylic acids is 1. The van der Waals surface area contributed by atoms with Crippen molar-refractivity contribution in [1.29, 1.82) is 0 Å². The number of H-pyrrole nitrogens is 2. The van der Waals surface area contributed by atoms with E-state index in [9.17, 15) is 4.79 Å². The average Bonchev–Trinajstić information content (AvgIpc) is 3.78. The molecule has 0 saturated carbocycles. The number of rotatable bonds is 7. The van der Waals surface area contributed by atoms with E-state index in [1.54, 1.807) is 0 Å². The smallest absolute Gasteiger partial charge is 0.240 e. The number of benzene rings is 2. The van der Waals surface area contributed by atoms with E-state index in [-0.39, 0.29) is 17.9 Å². The molecule has 40 heavy (non-hydrogen) atoms. The van der Waals surface area contributed by atoms with Gasteiger partial charge in [0.25, 0.3) is 0 Å². The Kier molecular flexibility index (Phi) is 7.34. The normalized spacial score (nSPS) is 20.4. The zero-order chi connectivity index (χ0) is 27.8. The first kappa shape index (κ1) is 26.5. The molecule has 206 valence electrons. The lowest BCUT2D eigenvalue weighted by molar-refractivity contribution is -0.134. The number of aromatic amines is 2. The fourth-order valence-electron chi connectivity index (χ4n) is 6.04. The number of hydrogen-bond donors (Lipinski definition) is 3. The van der Waals surface area contributed by atoms with Gasteiger partial charge in [0, 0.05) is 6.54 Å². The Bertz CT molecular complexity index is 1460.